The zero-order valence-electron chi connectivity index (χ0n) is 11.3. The molecular formula is C15H18N2O2. The molecule has 0 radical (unpaired) electrons. The number of aryl methyl sites for hydroxylation is 2. The predicted molar refractivity (Wildman–Crippen MR) is 73.2 cm³/mol. The van der Waals surface area contributed by atoms with E-state index in [9.17, 15) is 9.90 Å². The van der Waals surface area contributed by atoms with Crippen molar-refractivity contribution in [3.8, 4) is 0 Å². The second-order valence-electron chi connectivity index (χ2n) is 5.49. The van der Waals surface area contributed by atoms with Crippen LogP contribution >= 0.6 is 0 Å². The number of imidazole rings is 1. The molecule has 0 bridgehead atoms. The Balaban J connectivity index is 2.30. The van der Waals surface area contributed by atoms with Gasteiger partial charge in [0.05, 0.1) is 16.4 Å². The number of hydrogen-bond donors (Lipinski definition) is 1. The lowest BCUT2D eigenvalue weighted by Gasteiger charge is -2.24. The van der Waals surface area contributed by atoms with Crippen LogP contribution in [0, 0.1) is 6.92 Å². The maximum absolute atomic E-state index is 11.8. The summed E-state index contributed by atoms with van der Waals surface area (Å²) in [5, 5.41) is 9.72. The van der Waals surface area contributed by atoms with Gasteiger partial charge in [-0.1, -0.05) is 25.0 Å². The first-order chi connectivity index (χ1) is 9.06. The predicted octanol–water partition coefficient (Wildman–Crippen LogP) is 2.78. The Hall–Kier alpha value is -1.84. The number of benzene rings is 1. The van der Waals surface area contributed by atoms with Gasteiger partial charge in [0, 0.05) is 7.05 Å². The van der Waals surface area contributed by atoms with Crippen LogP contribution in [0.5, 0.6) is 0 Å². The van der Waals surface area contributed by atoms with E-state index in [1.165, 1.54) is 0 Å². The normalized spacial score (nSPS) is 18.0. The summed E-state index contributed by atoms with van der Waals surface area (Å²) >= 11 is 0. The van der Waals surface area contributed by atoms with Crippen molar-refractivity contribution in [3.05, 3.63) is 29.6 Å². The van der Waals surface area contributed by atoms with Gasteiger partial charge < -0.3 is 9.67 Å². The van der Waals surface area contributed by atoms with Gasteiger partial charge in [0.1, 0.15) is 5.82 Å². The third kappa shape index (κ3) is 1.59. The molecule has 0 atom stereocenters. The van der Waals surface area contributed by atoms with Crippen LogP contribution in [0.3, 0.4) is 0 Å². The minimum atomic E-state index is -0.736. The number of hydrogen-bond acceptors (Lipinski definition) is 2. The van der Waals surface area contributed by atoms with Crippen LogP contribution in [-0.4, -0.2) is 20.6 Å². The van der Waals surface area contributed by atoms with Crippen LogP contribution in [-0.2, 0) is 17.3 Å². The summed E-state index contributed by atoms with van der Waals surface area (Å²) in [4.78, 5) is 16.4. The number of carboxylic acid groups (broad SMARTS) is 1. The Morgan fingerprint density at radius 1 is 1.37 bits per heavy atom. The third-order valence-electron chi connectivity index (χ3n) is 4.52. The van der Waals surface area contributed by atoms with Crippen LogP contribution < -0.4 is 0 Å². The first kappa shape index (κ1) is 12.2. The van der Waals surface area contributed by atoms with Crippen LogP contribution in [0.4, 0.5) is 0 Å². The fourth-order valence-electron chi connectivity index (χ4n) is 3.29. The van der Waals surface area contributed by atoms with Gasteiger partial charge in [0.25, 0.3) is 0 Å². The highest BCUT2D eigenvalue weighted by atomic mass is 16.4. The molecule has 0 spiro atoms. The Morgan fingerprint density at radius 3 is 2.68 bits per heavy atom. The number of nitrogens with zero attached hydrogens (tertiary/aromatic N) is 2. The van der Waals surface area contributed by atoms with E-state index in [2.05, 4.69) is 4.98 Å². The molecule has 1 aliphatic rings. The first-order valence-corrected chi connectivity index (χ1v) is 6.72. The molecule has 0 amide bonds. The van der Waals surface area contributed by atoms with E-state index < -0.39 is 11.4 Å². The maximum atomic E-state index is 11.8. The third-order valence-corrected chi connectivity index (χ3v) is 4.52. The number of para-hydroxylation sites is 1. The van der Waals surface area contributed by atoms with Crippen LogP contribution in [0.2, 0.25) is 0 Å². The molecule has 1 aromatic carbocycles. The molecule has 1 N–H and O–H groups in total. The van der Waals surface area contributed by atoms with Gasteiger partial charge in [-0.2, -0.15) is 0 Å². The van der Waals surface area contributed by atoms with Crippen molar-refractivity contribution in [2.45, 2.75) is 38.0 Å². The summed E-state index contributed by atoms with van der Waals surface area (Å²) in [5.41, 5.74) is 2.02. The van der Waals surface area contributed by atoms with Crippen LogP contribution in [0.1, 0.15) is 37.1 Å². The minimum absolute atomic E-state index is 0.708. The SMILES string of the molecule is Cc1nc2c(C3(C(=O)O)CCCC3)cccc2n1C. The summed E-state index contributed by atoms with van der Waals surface area (Å²) in [6, 6.07) is 5.89. The van der Waals surface area contributed by atoms with Crippen LogP contribution in [0.15, 0.2) is 18.2 Å². The molecule has 1 aliphatic carbocycles. The van der Waals surface area contributed by atoms with E-state index in [4.69, 9.17) is 0 Å². The van der Waals surface area contributed by atoms with Gasteiger partial charge in [-0.25, -0.2) is 4.98 Å². The number of carboxylic acids is 1. The van der Waals surface area contributed by atoms with Gasteiger partial charge in [-0.3, -0.25) is 4.79 Å². The number of fused-ring (bicyclic) bond motifs is 1. The quantitative estimate of drug-likeness (QED) is 0.901. The molecule has 0 unspecified atom stereocenters. The fraction of sp³-hybridized carbons (Fsp3) is 0.467. The lowest BCUT2D eigenvalue weighted by Crippen LogP contribution is -2.32. The molecule has 1 aromatic heterocycles. The van der Waals surface area contributed by atoms with Crippen molar-refractivity contribution in [1.82, 2.24) is 9.55 Å². The van der Waals surface area contributed by atoms with Crippen molar-refractivity contribution in [1.29, 1.82) is 0 Å². The Labute approximate surface area is 112 Å². The highest BCUT2D eigenvalue weighted by Gasteiger charge is 2.44. The van der Waals surface area contributed by atoms with Gasteiger partial charge >= 0.3 is 5.97 Å². The summed E-state index contributed by atoms with van der Waals surface area (Å²) in [7, 11) is 1.97. The van der Waals surface area contributed by atoms with Crippen molar-refractivity contribution in [2.24, 2.45) is 7.05 Å². The zero-order valence-corrected chi connectivity index (χ0v) is 11.3. The average molecular weight is 258 g/mol. The summed E-state index contributed by atoms with van der Waals surface area (Å²) in [5.74, 6) is 0.210. The molecule has 1 fully saturated rings. The van der Waals surface area contributed by atoms with Gasteiger partial charge in [-0.15, -0.1) is 0 Å². The Morgan fingerprint density at radius 2 is 2.05 bits per heavy atom. The first-order valence-electron chi connectivity index (χ1n) is 6.72. The number of aliphatic carboxylic acids is 1. The number of rotatable bonds is 2. The molecule has 3 rings (SSSR count). The Bertz CT molecular complexity index is 651. The van der Waals surface area contributed by atoms with Crippen molar-refractivity contribution in [3.63, 3.8) is 0 Å². The monoisotopic (exact) mass is 258 g/mol. The second kappa shape index (κ2) is 4.08. The second-order valence-corrected chi connectivity index (χ2v) is 5.49. The van der Waals surface area contributed by atoms with Gasteiger partial charge in [0.2, 0.25) is 0 Å². The number of aromatic nitrogens is 2. The average Bonchev–Trinajstić information content (AvgIpc) is 2.97. The zero-order chi connectivity index (χ0) is 13.6. The lowest BCUT2D eigenvalue weighted by molar-refractivity contribution is -0.143. The van der Waals surface area contributed by atoms with E-state index in [0.717, 1.165) is 48.1 Å². The smallest absolute Gasteiger partial charge is 0.314 e. The largest absolute Gasteiger partial charge is 0.481 e. The van der Waals surface area contributed by atoms with Crippen molar-refractivity contribution < 1.29 is 9.90 Å². The molecule has 100 valence electrons. The Kier molecular flexibility index (Phi) is 2.62. The molecule has 19 heavy (non-hydrogen) atoms. The molecule has 1 heterocycles. The molecule has 4 heteroatoms. The topological polar surface area (TPSA) is 55.1 Å². The fourth-order valence-corrected chi connectivity index (χ4v) is 3.29. The highest BCUT2D eigenvalue weighted by Crippen LogP contribution is 2.43. The lowest BCUT2D eigenvalue weighted by atomic mass is 9.78. The number of carbonyl (C=O) groups is 1. The molecule has 2 aromatic rings. The van der Waals surface area contributed by atoms with Gasteiger partial charge in [-0.05, 0) is 31.4 Å². The standard InChI is InChI=1S/C15H18N2O2/c1-10-16-13-11(6-5-7-12(13)17(10)2)15(14(18)19)8-3-4-9-15/h5-7H,3-4,8-9H2,1-2H3,(H,18,19). The van der Waals surface area contributed by atoms with E-state index in [-0.39, 0.29) is 0 Å². The van der Waals surface area contributed by atoms with Crippen molar-refractivity contribution >= 4 is 17.0 Å². The molecule has 1 saturated carbocycles. The minimum Gasteiger partial charge on any atom is -0.481 e. The maximum Gasteiger partial charge on any atom is 0.314 e. The van der Waals surface area contributed by atoms with E-state index in [1.54, 1.807) is 0 Å². The summed E-state index contributed by atoms with van der Waals surface area (Å²) in [6.45, 7) is 1.95. The van der Waals surface area contributed by atoms with Crippen molar-refractivity contribution in [2.75, 3.05) is 0 Å². The molecule has 4 nitrogen and oxygen atoms in total. The molecule has 0 saturated heterocycles. The van der Waals surface area contributed by atoms with Crippen LogP contribution in [0.25, 0.3) is 11.0 Å². The molecular weight excluding hydrogens is 240 g/mol. The van der Waals surface area contributed by atoms with Gasteiger partial charge in [0.15, 0.2) is 0 Å². The highest BCUT2D eigenvalue weighted by molar-refractivity contribution is 5.90. The van der Waals surface area contributed by atoms with E-state index in [0.29, 0.717) is 0 Å². The summed E-state index contributed by atoms with van der Waals surface area (Å²) < 4.78 is 2.02. The van der Waals surface area contributed by atoms with E-state index >= 15 is 0 Å². The van der Waals surface area contributed by atoms with E-state index in [1.807, 2.05) is 36.7 Å². The summed E-state index contributed by atoms with van der Waals surface area (Å²) in [6.07, 6.45) is 3.40. The molecule has 0 aliphatic heterocycles.